The third-order valence-corrected chi connectivity index (χ3v) is 3.12. The average molecular weight is 242 g/mol. The maximum absolute atomic E-state index is 11.6. The Kier molecular flexibility index (Phi) is 4.93. The second-order valence-electron chi connectivity index (χ2n) is 5.17. The van der Waals surface area contributed by atoms with E-state index in [0.29, 0.717) is 25.2 Å². The van der Waals surface area contributed by atoms with E-state index in [1.165, 1.54) is 0 Å². The van der Waals surface area contributed by atoms with Crippen molar-refractivity contribution in [1.29, 1.82) is 0 Å². The van der Waals surface area contributed by atoms with Crippen LogP contribution in [0.15, 0.2) is 0 Å². The number of carbonyl (C=O) groups is 2. The molecule has 0 aromatic heterocycles. The van der Waals surface area contributed by atoms with E-state index < -0.39 is 11.5 Å². The van der Waals surface area contributed by atoms with Crippen molar-refractivity contribution in [3.63, 3.8) is 0 Å². The van der Waals surface area contributed by atoms with E-state index >= 15 is 0 Å². The Morgan fingerprint density at radius 1 is 1.24 bits per heavy atom. The molecule has 0 aliphatic heterocycles. The van der Waals surface area contributed by atoms with Gasteiger partial charge in [0.05, 0.1) is 0 Å². The summed E-state index contributed by atoms with van der Waals surface area (Å²) in [4.78, 5) is 23.0. The van der Waals surface area contributed by atoms with Gasteiger partial charge in [0.25, 0.3) is 5.91 Å². The van der Waals surface area contributed by atoms with Crippen LogP contribution >= 0.6 is 0 Å². The van der Waals surface area contributed by atoms with Crippen molar-refractivity contribution in [2.24, 2.45) is 5.92 Å². The highest BCUT2D eigenvalue weighted by molar-refractivity contribution is 5.87. The number of aliphatic hydroxyl groups is 1. The largest absolute Gasteiger partial charge is 0.380 e. The van der Waals surface area contributed by atoms with Crippen molar-refractivity contribution < 1.29 is 14.7 Å². The lowest BCUT2D eigenvalue weighted by Gasteiger charge is -2.21. The molecule has 1 rings (SSSR count). The van der Waals surface area contributed by atoms with Crippen molar-refractivity contribution in [2.75, 3.05) is 0 Å². The summed E-state index contributed by atoms with van der Waals surface area (Å²) < 4.78 is 0. The van der Waals surface area contributed by atoms with Gasteiger partial charge in [0.2, 0.25) is 5.91 Å². The molecule has 5 nitrogen and oxygen atoms in total. The van der Waals surface area contributed by atoms with Crippen molar-refractivity contribution >= 4 is 11.8 Å². The Morgan fingerprint density at radius 3 is 2.35 bits per heavy atom. The zero-order chi connectivity index (χ0) is 12.9. The van der Waals surface area contributed by atoms with Crippen LogP contribution in [0, 0.1) is 5.92 Å². The van der Waals surface area contributed by atoms with E-state index in [1.54, 1.807) is 0 Å². The maximum Gasteiger partial charge on any atom is 0.270 e. The van der Waals surface area contributed by atoms with E-state index in [2.05, 4.69) is 10.9 Å². The van der Waals surface area contributed by atoms with Gasteiger partial charge in [-0.25, -0.2) is 0 Å². The number of nitrogens with one attached hydrogen (secondary N) is 2. The van der Waals surface area contributed by atoms with Crippen LogP contribution < -0.4 is 10.9 Å². The molecule has 3 N–H and O–H groups in total. The molecule has 2 amide bonds. The van der Waals surface area contributed by atoms with Crippen LogP contribution in [0.5, 0.6) is 0 Å². The van der Waals surface area contributed by atoms with Gasteiger partial charge in [-0.15, -0.1) is 0 Å². The quantitative estimate of drug-likeness (QED) is 0.640. The van der Waals surface area contributed by atoms with Gasteiger partial charge in [-0.1, -0.05) is 13.8 Å². The van der Waals surface area contributed by atoms with Crippen molar-refractivity contribution in [1.82, 2.24) is 10.9 Å². The molecule has 0 heterocycles. The number of hydrogen-bond donors (Lipinski definition) is 3. The average Bonchev–Trinajstić information content (AvgIpc) is 2.71. The molecule has 1 aliphatic carbocycles. The first kappa shape index (κ1) is 14.0. The summed E-state index contributed by atoms with van der Waals surface area (Å²) in [6.07, 6.45) is 3.82. The van der Waals surface area contributed by atoms with Gasteiger partial charge in [-0.05, 0) is 38.0 Å². The summed E-state index contributed by atoms with van der Waals surface area (Å²) >= 11 is 0. The van der Waals surface area contributed by atoms with Crippen LogP contribution in [-0.4, -0.2) is 22.5 Å². The molecule has 1 fully saturated rings. The number of hydrogen-bond acceptors (Lipinski definition) is 3. The number of amides is 2. The lowest BCUT2D eigenvalue weighted by molar-refractivity contribution is -0.142. The van der Waals surface area contributed by atoms with Gasteiger partial charge in [0.15, 0.2) is 0 Å². The Labute approximate surface area is 102 Å². The number of hydrazine groups is 1. The molecule has 0 bridgehead atoms. The first-order chi connectivity index (χ1) is 7.94. The van der Waals surface area contributed by atoms with E-state index in [9.17, 15) is 14.7 Å². The summed E-state index contributed by atoms with van der Waals surface area (Å²) in [7, 11) is 0. The predicted molar refractivity (Wildman–Crippen MR) is 63.8 cm³/mol. The van der Waals surface area contributed by atoms with E-state index in [0.717, 1.165) is 19.3 Å². The summed E-state index contributed by atoms with van der Waals surface area (Å²) in [6, 6.07) is 0. The highest BCUT2D eigenvalue weighted by atomic mass is 16.3. The van der Waals surface area contributed by atoms with Crippen molar-refractivity contribution in [2.45, 2.75) is 58.0 Å². The second-order valence-corrected chi connectivity index (χ2v) is 5.17. The normalized spacial score (nSPS) is 18.1. The van der Waals surface area contributed by atoms with Gasteiger partial charge in [-0.3, -0.25) is 20.4 Å². The molecular weight excluding hydrogens is 220 g/mol. The minimum Gasteiger partial charge on any atom is -0.380 e. The summed E-state index contributed by atoms with van der Waals surface area (Å²) in [5, 5.41) is 9.93. The molecule has 0 spiro atoms. The predicted octanol–water partition coefficient (Wildman–Crippen LogP) is 0.875. The molecule has 17 heavy (non-hydrogen) atoms. The number of carbonyl (C=O) groups excluding carboxylic acids is 2. The smallest absolute Gasteiger partial charge is 0.270 e. The third kappa shape index (κ3) is 4.34. The lowest BCUT2D eigenvalue weighted by atomic mass is 10.0. The van der Waals surface area contributed by atoms with Crippen LogP contribution in [0.1, 0.15) is 52.4 Å². The minimum absolute atomic E-state index is 0.214. The van der Waals surface area contributed by atoms with Gasteiger partial charge in [0, 0.05) is 6.42 Å². The van der Waals surface area contributed by atoms with Crippen molar-refractivity contribution in [3.05, 3.63) is 0 Å². The second kappa shape index (κ2) is 6.00. The highest BCUT2D eigenvalue weighted by Gasteiger charge is 2.38. The van der Waals surface area contributed by atoms with E-state index in [-0.39, 0.29) is 5.91 Å². The van der Waals surface area contributed by atoms with Crippen LogP contribution in [0.4, 0.5) is 0 Å². The zero-order valence-corrected chi connectivity index (χ0v) is 10.6. The van der Waals surface area contributed by atoms with Crippen molar-refractivity contribution in [3.8, 4) is 0 Å². The molecule has 0 aromatic rings. The molecule has 0 aromatic carbocycles. The first-order valence-electron chi connectivity index (χ1n) is 6.26. The first-order valence-corrected chi connectivity index (χ1v) is 6.26. The third-order valence-electron chi connectivity index (χ3n) is 3.12. The SMILES string of the molecule is CC(C)CCC(=O)NNC(=O)C1(O)CCCC1. The molecule has 0 atom stereocenters. The molecule has 5 heteroatoms. The molecule has 0 radical (unpaired) electrons. The monoisotopic (exact) mass is 242 g/mol. The molecule has 1 saturated carbocycles. The van der Waals surface area contributed by atoms with Gasteiger partial charge >= 0.3 is 0 Å². The summed E-state index contributed by atoms with van der Waals surface area (Å²) in [5.41, 5.74) is 3.36. The van der Waals surface area contributed by atoms with Crippen LogP contribution in [0.3, 0.4) is 0 Å². The number of rotatable bonds is 4. The molecule has 0 saturated heterocycles. The Balaban J connectivity index is 2.25. The fraction of sp³-hybridized carbons (Fsp3) is 0.833. The minimum atomic E-state index is -1.29. The Morgan fingerprint density at radius 2 is 1.82 bits per heavy atom. The van der Waals surface area contributed by atoms with E-state index in [1.807, 2.05) is 13.8 Å². The summed E-state index contributed by atoms with van der Waals surface area (Å²) in [5.74, 6) is -0.253. The fourth-order valence-corrected chi connectivity index (χ4v) is 1.91. The van der Waals surface area contributed by atoms with Crippen LogP contribution in [-0.2, 0) is 9.59 Å². The van der Waals surface area contributed by atoms with Gasteiger partial charge in [0.1, 0.15) is 5.60 Å². The topological polar surface area (TPSA) is 78.4 Å². The highest BCUT2D eigenvalue weighted by Crippen LogP contribution is 2.29. The Bertz CT molecular complexity index is 283. The van der Waals surface area contributed by atoms with Crippen LogP contribution in [0.2, 0.25) is 0 Å². The van der Waals surface area contributed by atoms with Gasteiger partial charge in [-0.2, -0.15) is 0 Å². The van der Waals surface area contributed by atoms with E-state index in [4.69, 9.17) is 0 Å². The lowest BCUT2D eigenvalue weighted by Crippen LogP contribution is -2.52. The summed E-state index contributed by atoms with van der Waals surface area (Å²) in [6.45, 7) is 4.07. The fourth-order valence-electron chi connectivity index (χ4n) is 1.91. The van der Waals surface area contributed by atoms with Crippen LogP contribution in [0.25, 0.3) is 0 Å². The Hall–Kier alpha value is -1.10. The molecule has 0 unspecified atom stereocenters. The van der Waals surface area contributed by atoms with Gasteiger partial charge < -0.3 is 5.11 Å². The molecular formula is C12H22N2O3. The molecule has 98 valence electrons. The zero-order valence-electron chi connectivity index (χ0n) is 10.6. The standard InChI is InChI=1S/C12H22N2O3/c1-9(2)5-6-10(15)13-14-11(16)12(17)7-3-4-8-12/h9,17H,3-8H2,1-2H3,(H,13,15)(H,14,16). The maximum atomic E-state index is 11.6. The molecule has 1 aliphatic rings.